The van der Waals surface area contributed by atoms with Crippen LogP contribution in [0.4, 0.5) is 0 Å². The molecule has 1 aliphatic rings. The van der Waals surface area contributed by atoms with Crippen molar-refractivity contribution in [1.29, 1.82) is 0 Å². The Morgan fingerprint density at radius 1 is 1.16 bits per heavy atom. The number of hydrogen-bond acceptors (Lipinski definition) is 2. The van der Waals surface area contributed by atoms with Gasteiger partial charge in [-0.1, -0.05) is 50.1 Å². The zero-order chi connectivity index (χ0) is 13.4. The second-order valence-electron chi connectivity index (χ2n) is 4.57. The quantitative estimate of drug-likeness (QED) is 0.831. The molecule has 0 saturated carbocycles. The Hall–Kier alpha value is -0.840. The third-order valence-corrected chi connectivity index (χ3v) is 4.61. The molecule has 1 heterocycles. The number of halogens is 2. The van der Waals surface area contributed by atoms with Crippen LogP contribution in [-0.2, 0) is 0 Å². The molecule has 0 aromatic heterocycles. The molecule has 19 heavy (non-hydrogen) atoms. The molecule has 0 bridgehead atoms. The van der Waals surface area contributed by atoms with Gasteiger partial charge in [0.25, 0.3) is 0 Å². The SMILES string of the molecule is OC(c1cc(Br)ccc1Br)C1COc2ccccc21. The van der Waals surface area contributed by atoms with Gasteiger partial charge in [-0.25, -0.2) is 0 Å². The monoisotopic (exact) mass is 382 g/mol. The van der Waals surface area contributed by atoms with Crippen molar-refractivity contribution in [2.45, 2.75) is 12.0 Å². The first-order valence-electron chi connectivity index (χ1n) is 6.01. The number of aliphatic hydroxyl groups is 1. The summed E-state index contributed by atoms with van der Waals surface area (Å²) in [4.78, 5) is 0. The summed E-state index contributed by atoms with van der Waals surface area (Å²) >= 11 is 6.94. The minimum atomic E-state index is -0.587. The van der Waals surface area contributed by atoms with E-state index in [1.54, 1.807) is 0 Å². The molecular formula is C15H12Br2O2. The maximum atomic E-state index is 10.6. The van der Waals surface area contributed by atoms with Gasteiger partial charge in [-0.2, -0.15) is 0 Å². The zero-order valence-corrected chi connectivity index (χ0v) is 13.2. The average Bonchev–Trinajstić information content (AvgIpc) is 2.84. The molecule has 2 nitrogen and oxygen atoms in total. The minimum Gasteiger partial charge on any atom is -0.493 e. The Balaban J connectivity index is 1.97. The molecule has 2 aromatic carbocycles. The van der Waals surface area contributed by atoms with E-state index in [0.29, 0.717) is 6.61 Å². The van der Waals surface area contributed by atoms with Gasteiger partial charge in [0.05, 0.1) is 18.6 Å². The van der Waals surface area contributed by atoms with Gasteiger partial charge in [-0.05, 0) is 29.8 Å². The van der Waals surface area contributed by atoms with Crippen LogP contribution in [0.1, 0.15) is 23.1 Å². The molecule has 3 rings (SSSR count). The normalized spacial score (nSPS) is 18.8. The fourth-order valence-electron chi connectivity index (χ4n) is 2.41. The van der Waals surface area contributed by atoms with E-state index >= 15 is 0 Å². The Labute approximate surface area is 128 Å². The lowest BCUT2D eigenvalue weighted by Gasteiger charge is -2.19. The van der Waals surface area contributed by atoms with Gasteiger partial charge in [0.15, 0.2) is 0 Å². The summed E-state index contributed by atoms with van der Waals surface area (Å²) in [6.07, 6.45) is -0.587. The summed E-state index contributed by atoms with van der Waals surface area (Å²) in [5.74, 6) is 0.847. The smallest absolute Gasteiger partial charge is 0.123 e. The molecule has 2 unspecified atom stereocenters. The van der Waals surface area contributed by atoms with Crippen LogP contribution in [0.25, 0.3) is 0 Å². The number of benzene rings is 2. The van der Waals surface area contributed by atoms with Crippen molar-refractivity contribution < 1.29 is 9.84 Å². The minimum absolute atomic E-state index is 0.0261. The molecule has 0 spiro atoms. The van der Waals surface area contributed by atoms with Crippen LogP contribution in [0, 0.1) is 0 Å². The number of para-hydroxylation sites is 1. The molecule has 0 saturated heterocycles. The van der Waals surface area contributed by atoms with Crippen LogP contribution >= 0.6 is 31.9 Å². The molecule has 2 atom stereocenters. The van der Waals surface area contributed by atoms with Gasteiger partial charge in [0.1, 0.15) is 5.75 Å². The Bertz CT molecular complexity index is 613. The van der Waals surface area contributed by atoms with Gasteiger partial charge >= 0.3 is 0 Å². The van der Waals surface area contributed by atoms with E-state index in [0.717, 1.165) is 25.8 Å². The molecule has 1 aliphatic heterocycles. The number of fused-ring (bicyclic) bond motifs is 1. The number of hydrogen-bond donors (Lipinski definition) is 1. The molecule has 0 aliphatic carbocycles. The first-order chi connectivity index (χ1) is 9.16. The van der Waals surface area contributed by atoms with Crippen molar-refractivity contribution in [3.8, 4) is 5.75 Å². The Morgan fingerprint density at radius 2 is 1.95 bits per heavy atom. The van der Waals surface area contributed by atoms with E-state index in [1.165, 1.54) is 0 Å². The Morgan fingerprint density at radius 3 is 2.79 bits per heavy atom. The lowest BCUT2D eigenvalue weighted by atomic mass is 9.91. The summed E-state index contributed by atoms with van der Waals surface area (Å²) in [6.45, 7) is 0.513. The summed E-state index contributed by atoms with van der Waals surface area (Å²) in [7, 11) is 0. The third kappa shape index (κ3) is 2.45. The van der Waals surface area contributed by atoms with Crippen molar-refractivity contribution in [2.24, 2.45) is 0 Å². The standard InChI is InChI=1S/C15H12Br2O2/c16-9-5-6-13(17)11(7-9)15(18)12-8-19-14-4-2-1-3-10(12)14/h1-7,12,15,18H,8H2. The molecule has 0 fully saturated rings. The molecule has 0 radical (unpaired) electrons. The number of aliphatic hydroxyl groups excluding tert-OH is 1. The summed E-state index contributed by atoms with van der Waals surface area (Å²) < 4.78 is 7.50. The first kappa shape index (κ1) is 13.2. The summed E-state index contributed by atoms with van der Waals surface area (Å²) in [6, 6.07) is 13.7. The van der Waals surface area contributed by atoms with Crippen LogP contribution in [0.2, 0.25) is 0 Å². The molecule has 0 amide bonds. The van der Waals surface area contributed by atoms with Crippen molar-refractivity contribution >= 4 is 31.9 Å². The maximum Gasteiger partial charge on any atom is 0.123 e. The molecular weight excluding hydrogens is 372 g/mol. The fourth-order valence-corrected chi connectivity index (χ4v) is 3.27. The second kappa shape index (κ2) is 5.27. The van der Waals surface area contributed by atoms with Gasteiger partial charge in [0, 0.05) is 14.5 Å². The highest BCUT2D eigenvalue weighted by molar-refractivity contribution is 9.11. The summed E-state index contributed by atoms with van der Waals surface area (Å²) in [5, 5.41) is 10.6. The topological polar surface area (TPSA) is 29.5 Å². The Kier molecular flexibility index (Phi) is 3.65. The van der Waals surface area contributed by atoms with Crippen molar-refractivity contribution in [1.82, 2.24) is 0 Å². The molecule has 4 heteroatoms. The van der Waals surface area contributed by atoms with Crippen LogP contribution in [0.3, 0.4) is 0 Å². The number of ether oxygens (including phenoxy) is 1. The van der Waals surface area contributed by atoms with Crippen LogP contribution in [-0.4, -0.2) is 11.7 Å². The van der Waals surface area contributed by atoms with E-state index < -0.39 is 6.10 Å². The van der Waals surface area contributed by atoms with Crippen LogP contribution < -0.4 is 4.74 Å². The van der Waals surface area contributed by atoms with E-state index in [4.69, 9.17) is 4.74 Å². The van der Waals surface area contributed by atoms with E-state index in [2.05, 4.69) is 31.9 Å². The van der Waals surface area contributed by atoms with Crippen molar-refractivity contribution in [3.63, 3.8) is 0 Å². The predicted octanol–water partition coefficient (Wildman–Crippen LogP) is 4.42. The largest absolute Gasteiger partial charge is 0.493 e. The highest BCUT2D eigenvalue weighted by Gasteiger charge is 2.31. The highest BCUT2D eigenvalue weighted by atomic mass is 79.9. The van der Waals surface area contributed by atoms with Gasteiger partial charge < -0.3 is 9.84 Å². The van der Waals surface area contributed by atoms with Crippen LogP contribution in [0.5, 0.6) is 5.75 Å². The first-order valence-corrected chi connectivity index (χ1v) is 7.60. The lowest BCUT2D eigenvalue weighted by Crippen LogP contribution is -2.13. The lowest BCUT2D eigenvalue weighted by molar-refractivity contribution is 0.129. The zero-order valence-electron chi connectivity index (χ0n) is 10.0. The van der Waals surface area contributed by atoms with Crippen molar-refractivity contribution in [3.05, 3.63) is 62.5 Å². The van der Waals surface area contributed by atoms with Gasteiger partial charge in [-0.15, -0.1) is 0 Å². The van der Waals surface area contributed by atoms with E-state index in [9.17, 15) is 5.11 Å². The predicted molar refractivity (Wildman–Crippen MR) is 81.5 cm³/mol. The molecule has 1 N–H and O–H groups in total. The van der Waals surface area contributed by atoms with E-state index in [-0.39, 0.29) is 5.92 Å². The molecule has 98 valence electrons. The second-order valence-corrected chi connectivity index (χ2v) is 6.34. The number of rotatable bonds is 2. The van der Waals surface area contributed by atoms with Crippen LogP contribution in [0.15, 0.2) is 51.4 Å². The maximum absolute atomic E-state index is 10.6. The third-order valence-electron chi connectivity index (χ3n) is 3.39. The summed E-state index contributed by atoms with van der Waals surface area (Å²) in [5.41, 5.74) is 1.95. The van der Waals surface area contributed by atoms with E-state index in [1.807, 2.05) is 42.5 Å². The fraction of sp³-hybridized carbons (Fsp3) is 0.200. The van der Waals surface area contributed by atoms with Gasteiger partial charge in [0.2, 0.25) is 0 Å². The highest BCUT2D eigenvalue weighted by Crippen LogP contribution is 2.43. The average molecular weight is 384 g/mol. The molecule has 2 aromatic rings. The van der Waals surface area contributed by atoms with Crippen molar-refractivity contribution in [2.75, 3.05) is 6.61 Å². The van der Waals surface area contributed by atoms with Gasteiger partial charge in [-0.3, -0.25) is 0 Å².